The summed E-state index contributed by atoms with van der Waals surface area (Å²) in [6.45, 7) is 0. The Bertz CT molecular complexity index is 1410. The fourth-order valence-electron chi connectivity index (χ4n) is 3.65. The predicted octanol–water partition coefficient (Wildman–Crippen LogP) is 5.87. The van der Waals surface area contributed by atoms with E-state index in [1.54, 1.807) is 0 Å². The second kappa shape index (κ2) is 7.77. The molecule has 5 rings (SSSR count). The molecule has 30 heavy (non-hydrogen) atoms. The maximum atomic E-state index is 10.9. The Morgan fingerprint density at radius 1 is 0.867 bits per heavy atom. The Labute approximate surface area is 174 Å². The van der Waals surface area contributed by atoms with Gasteiger partial charge in [0.1, 0.15) is 11.3 Å². The molecule has 5 aromatic rings. The van der Waals surface area contributed by atoms with Crippen molar-refractivity contribution in [2.45, 2.75) is 12.8 Å². The molecule has 0 fully saturated rings. The van der Waals surface area contributed by atoms with Crippen molar-refractivity contribution in [2.24, 2.45) is 0 Å². The van der Waals surface area contributed by atoms with Crippen LogP contribution in [0.1, 0.15) is 22.3 Å². The first-order valence-electron chi connectivity index (χ1n) is 9.86. The lowest BCUT2D eigenvalue weighted by molar-refractivity contribution is 0.476. The highest BCUT2D eigenvalue weighted by atomic mass is 16.3. The standard InChI is InChI=1S/C27H19NO2/c29-27-23(15-21-10-14-26-25(17-21)28-18-30-26)13-12-22-11-9-20(16-24(22)27)8-4-7-19-5-2-1-3-6-19/h1-3,5-6,9-14,16-18,29H,7,15H2. The monoisotopic (exact) mass is 389 g/mol. The number of rotatable bonds is 3. The number of aromatic nitrogens is 1. The number of oxazole rings is 1. The Morgan fingerprint density at radius 3 is 2.63 bits per heavy atom. The molecule has 0 bridgehead atoms. The highest BCUT2D eigenvalue weighted by molar-refractivity contribution is 5.90. The van der Waals surface area contributed by atoms with Gasteiger partial charge in [-0.2, -0.15) is 0 Å². The van der Waals surface area contributed by atoms with Crippen LogP contribution >= 0.6 is 0 Å². The van der Waals surface area contributed by atoms with Gasteiger partial charge in [-0.3, -0.25) is 0 Å². The Kier molecular flexibility index (Phi) is 4.67. The molecule has 0 spiro atoms. The van der Waals surface area contributed by atoms with Crippen LogP contribution in [0.5, 0.6) is 5.75 Å². The molecule has 0 radical (unpaired) electrons. The molecule has 0 saturated carbocycles. The van der Waals surface area contributed by atoms with Crippen LogP contribution in [0.3, 0.4) is 0 Å². The summed E-state index contributed by atoms with van der Waals surface area (Å²) in [5.41, 5.74) is 5.63. The van der Waals surface area contributed by atoms with E-state index in [0.29, 0.717) is 18.6 Å². The lowest BCUT2D eigenvalue weighted by Gasteiger charge is -2.09. The third-order valence-corrected chi connectivity index (χ3v) is 5.23. The molecule has 0 aliphatic carbocycles. The smallest absolute Gasteiger partial charge is 0.181 e. The number of nitrogens with zero attached hydrogens (tertiary/aromatic N) is 1. The molecule has 1 heterocycles. The van der Waals surface area contributed by atoms with E-state index < -0.39 is 0 Å². The van der Waals surface area contributed by atoms with Crippen molar-refractivity contribution < 1.29 is 9.52 Å². The van der Waals surface area contributed by atoms with E-state index in [1.165, 1.54) is 12.0 Å². The SMILES string of the molecule is Oc1c(Cc2ccc3ocnc3c2)ccc2ccc(C#CCc3ccccc3)cc12. The van der Waals surface area contributed by atoms with Crippen molar-refractivity contribution in [1.29, 1.82) is 0 Å². The number of aromatic hydroxyl groups is 1. The quantitative estimate of drug-likeness (QED) is 0.393. The summed E-state index contributed by atoms with van der Waals surface area (Å²) in [5, 5.41) is 12.7. The van der Waals surface area contributed by atoms with Gasteiger partial charge in [-0.1, -0.05) is 66.4 Å². The van der Waals surface area contributed by atoms with Gasteiger partial charge < -0.3 is 9.52 Å². The molecule has 4 aromatic carbocycles. The average molecular weight is 389 g/mol. The normalized spacial score (nSPS) is 10.8. The van der Waals surface area contributed by atoms with Gasteiger partial charge in [0.05, 0.1) is 0 Å². The van der Waals surface area contributed by atoms with Gasteiger partial charge in [0.15, 0.2) is 12.0 Å². The largest absolute Gasteiger partial charge is 0.507 e. The van der Waals surface area contributed by atoms with Crippen molar-refractivity contribution in [3.8, 4) is 17.6 Å². The fourth-order valence-corrected chi connectivity index (χ4v) is 3.65. The van der Waals surface area contributed by atoms with Crippen LogP contribution in [0.15, 0.2) is 89.7 Å². The number of phenolic OH excluding ortho intramolecular Hbond substituents is 1. The van der Waals surface area contributed by atoms with Crippen LogP contribution in [0, 0.1) is 11.8 Å². The van der Waals surface area contributed by atoms with Crippen molar-refractivity contribution in [3.63, 3.8) is 0 Å². The molecule has 1 aromatic heterocycles. The van der Waals surface area contributed by atoms with E-state index in [1.807, 2.05) is 66.7 Å². The molecule has 0 unspecified atom stereocenters. The van der Waals surface area contributed by atoms with Gasteiger partial charge in [0.25, 0.3) is 0 Å². The molecule has 0 saturated heterocycles. The summed E-state index contributed by atoms with van der Waals surface area (Å²) in [6, 6.07) is 26.1. The first-order valence-corrected chi connectivity index (χ1v) is 9.86. The van der Waals surface area contributed by atoms with Gasteiger partial charge in [-0.15, -0.1) is 0 Å². The number of hydrogen-bond acceptors (Lipinski definition) is 3. The van der Waals surface area contributed by atoms with E-state index in [2.05, 4.69) is 29.0 Å². The topological polar surface area (TPSA) is 46.3 Å². The third kappa shape index (κ3) is 3.64. The summed E-state index contributed by atoms with van der Waals surface area (Å²) in [7, 11) is 0. The summed E-state index contributed by atoms with van der Waals surface area (Å²) in [4.78, 5) is 4.21. The molecule has 0 aliphatic rings. The number of hydrogen-bond donors (Lipinski definition) is 1. The lowest BCUT2D eigenvalue weighted by Crippen LogP contribution is -1.90. The first-order chi connectivity index (χ1) is 14.8. The van der Waals surface area contributed by atoms with Crippen LogP contribution in [0.4, 0.5) is 0 Å². The van der Waals surface area contributed by atoms with Crippen LogP contribution in [0.25, 0.3) is 21.9 Å². The molecule has 0 atom stereocenters. The minimum absolute atomic E-state index is 0.305. The Hall–Kier alpha value is -4.03. The zero-order valence-corrected chi connectivity index (χ0v) is 16.3. The first kappa shape index (κ1) is 18.0. The lowest BCUT2D eigenvalue weighted by atomic mass is 9.98. The van der Waals surface area contributed by atoms with Gasteiger partial charge in [-0.05, 0) is 46.3 Å². The molecule has 1 N–H and O–H groups in total. The van der Waals surface area contributed by atoms with Crippen LogP contribution in [0.2, 0.25) is 0 Å². The maximum Gasteiger partial charge on any atom is 0.181 e. The van der Waals surface area contributed by atoms with Gasteiger partial charge >= 0.3 is 0 Å². The third-order valence-electron chi connectivity index (χ3n) is 5.23. The molecular weight excluding hydrogens is 370 g/mol. The van der Waals surface area contributed by atoms with E-state index >= 15 is 0 Å². The average Bonchev–Trinajstić information content (AvgIpc) is 3.25. The minimum atomic E-state index is 0.305. The van der Waals surface area contributed by atoms with Gasteiger partial charge in [0.2, 0.25) is 0 Å². The summed E-state index contributed by atoms with van der Waals surface area (Å²) >= 11 is 0. The Balaban J connectivity index is 1.44. The number of phenols is 1. The van der Waals surface area contributed by atoms with Gasteiger partial charge in [-0.25, -0.2) is 4.98 Å². The van der Waals surface area contributed by atoms with Gasteiger partial charge in [0, 0.05) is 23.8 Å². The number of benzene rings is 4. The molecule has 0 aliphatic heterocycles. The fraction of sp³-hybridized carbons (Fsp3) is 0.0741. The van der Waals surface area contributed by atoms with Crippen molar-refractivity contribution in [1.82, 2.24) is 4.98 Å². The highest BCUT2D eigenvalue weighted by Crippen LogP contribution is 2.31. The highest BCUT2D eigenvalue weighted by Gasteiger charge is 2.09. The second-order valence-corrected chi connectivity index (χ2v) is 7.30. The van der Waals surface area contributed by atoms with E-state index in [9.17, 15) is 5.11 Å². The second-order valence-electron chi connectivity index (χ2n) is 7.30. The molecule has 3 nitrogen and oxygen atoms in total. The zero-order chi connectivity index (χ0) is 20.3. The number of fused-ring (bicyclic) bond motifs is 2. The minimum Gasteiger partial charge on any atom is -0.507 e. The summed E-state index contributed by atoms with van der Waals surface area (Å²) in [6.07, 6.45) is 2.77. The zero-order valence-electron chi connectivity index (χ0n) is 16.3. The summed E-state index contributed by atoms with van der Waals surface area (Å²) < 4.78 is 5.30. The van der Waals surface area contributed by atoms with E-state index in [0.717, 1.165) is 38.6 Å². The van der Waals surface area contributed by atoms with Crippen molar-refractivity contribution in [3.05, 3.63) is 108 Å². The van der Waals surface area contributed by atoms with Crippen molar-refractivity contribution >= 4 is 21.9 Å². The maximum absolute atomic E-state index is 10.9. The molecule has 0 amide bonds. The van der Waals surface area contributed by atoms with Crippen molar-refractivity contribution in [2.75, 3.05) is 0 Å². The van der Waals surface area contributed by atoms with Crippen LogP contribution in [-0.4, -0.2) is 10.1 Å². The van der Waals surface area contributed by atoms with Crippen LogP contribution in [-0.2, 0) is 12.8 Å². The van der Waals surface area contributed by atoms with Crippen LogP contribution < -0.4 is 0 Å². The predicted molar refractivity (Wildman–Crippen MR) is 119 cm³/mol. The Morgan fingerprint density at radius 2 is 1.73 bits per heavy atom. The summed E-state index contributed by atoms with van der Waals surface area (Å²) in [5.74, 6) is 6.75. The molecule has 144 valence electrons. The van der Waals surface area contributed by atoms with E-state index in [4.69, 9.17) is 4.42 Å². The van der Waals surface area contributed by atoms with E-state index in [-0.39, 0.29) is 0 Å². The molecular formula is C27H19NO2. The molecule has 3 heteroatoms.